The van der Waals surface area contributed by atoms with Crippen LogP contribution in [0.3, 0.4) is 0 Å². The first-order valence-corrected chi connectivity index (χ1v) is 11.6. The molecule has 0 spiro atoms. The molecule has 0 aliphatic carbocycles. The molecule has 0 heterocycles. The van der Waals surface area contributed by atoms with Crippen molar-refractivity contribution in [3.8, 4) is 0 Å². The Morgan fingerprint density at radius 3 is 2.35 bits per heavy atom. The van der Waals surface area contributed by atoms with Gasteiger partial charge in [0.1, 0.15) is 0 Å². The molecule has 0 aliphatic heterocycles. The number of hydrogen-bond acceptors (Lipinski definition) is 5. The van der Waals surface area contributed by atoms with E-state index in [-0.39, 0.29) is 11.0 Å². The minimum Gasteiger partial charge on any atom is -0.322 e. The molecule has 20 heavy (non-hydrogen) atoms. The van der Waals surface area contributed by atoms with Gasteiger partial charge in [-0.1, -0.05) is 34.6 Å². The van der Waals surface area contributed by atoms with Crippen molar-refractivity contribution in [2.75, 3.05) is 18.3 Å². The minimum absolute atomic E-state index is 0. The Hall–Kier alpha value is 1.29. The molecule has 1 rings (SSSR count). The van der Waals surface area contributed by atoms with Gasteiger partial charge in [0.05, 0.1) is 23.3 Å². The van der Waals surface area contributed by atoms with Gasteiger partial charge in [-0.15, -0.1) is 11.8 Å². The smallest absolute Gasteiger partial charge is 0.248 e. The van der Waals surface area contributed by atoms with Crippen LogP contribution in [0.15, 0.2) is 23.1 Å². The second-order valence-electron chi connectivity index (χ2n) is 3.25. The standard InChI is InChI=1S/C11H15Cl2O2PS3.Si/c1-3-14-16(17,15-4-2)19-8-18-11-7-9(12)5-6-10(11)13;/h5-7H,3-4,8H2,1-2H3;. The molecule has 0 aliphatic rings. The summed E-state index contributed by atoms with van der Waals surface area (Å²) in [6, 6.07) is 5.41. The molecule has 0 saturated carbocycles. The number of halogens is 2. The van der Waals surface area contributed by atoms with Crippen molar-refractivity contribution in [3.05, 3.63) is 28.2 Å². The zero-order valence-corrected chi connectivity index (χ0v) is 17.0. The molecule has 112 valence electrons. The van der Waals surface area contributed by atoms with Crippen LogP contribution >= 0.6 is 52.0 Å². The molecule has 1 aromatic carbocycles. The Labute approximate surface area is 148 Å². The molecular weight excluding hydrogens is 390 g/mol. The van der Waals surface area contributed by atoms with E-state index in [2.05, 4.69) is 0 Å². The molecule has 0 bridgehead atoms. The molecule has 0 atom stereocenters. The van der Waals surface area contributed by atoms with Crippen molar-refractivity contribution >= 4 is 74.8 Å². The highest BCUT2D eigenvalue weighted by Crippen LogP contribution is 2.62. The van der Waals surface area contributed by atoms with E-state index in [0.717, 1.165) is 9.98 Å². The highest BCUT2D eigenvalue weighted by molar-refractivity contribution is 8.69. The average molecular weight is 405 g/mol. The molecule has 2 nitrogen and oxygen atoms in total. The first kappa shape index (κ1) is 21.3. The van der Waals surface area contributed by atoms with Crippen molar-refractivity contribution in [1.29, 1.82) is 0 Å². The van der Waals surface area contributed by atoms with Crippen LogP contribution in [0.5, 0.6) is 0 Å². The highest BCUT2D eigenvalue weighted by Gasteiger charge is 2.18. The first-order chi connectivity index (χ1) is 9.00. The maximum Gasteiger partial charge on any atom is 0.248 e. The van der Waals surface area contributed by atoms with Crippen LogP contribution in [0, 0.1) is 0 Å². The van der Waals surface area contributed by atoms with Crippen molar-refractivity contribution < 1.29 is 9.05 Å². The van der Waals surface area contributed by atoms with Gasteiger partial charge >= 0.3 is 0 Å². The van der Waals surface area contributed by atoms with E-state index in [1.807, 2.05) is 19.9 Å². The van der Waals surface area contributed by atoms with Crippen molar-refractivity contribution in [3.63, 3.8) is 0 Å². The summed E-state index contributed by atoms with van der Waals surface area (Å²) in [4.78, 5) is 0.941. The van der Waals surface area contributed by atoms with E-state index in [1.165, 1.54) is 11.4 Å². The van der Waals surface area contributed by atoms with Crippen LogP contribution < -0.4 is 0 Å². The Morgan fingerprint density at radius 1 is 1.20 bits per heavy atom. The summed E-state index contributed by atoms with van der Waals surface area (Å²) in [6.45, 7) is 4.96. The Kier molecular flexibility index (Phi) is 11.6. The van der Waals surface area contributed by atoms with Crippen LogP contribution in [0.4, 0.5) is 0 Å². The monoisotopic (exact) mass is 404 g/mol. The van der Waals surface area contributed by atoms with Gasteiger partial charge in [-0.3, -0.25) is 0 Å². The largest absolute Gasteiger partial charge is 0.322 e. The maximum atomic E-state index is 6.10. The topological polar surface area (TPSA) is 18.5 Å². The van der Waals surface area contributed by atoms with Gasteiger partial charge in [0.25, 0.3) is 0 Å². The summed E-state index contributed by atoms with van der Waals surface area (Å²) in [5, 5.41) is 2.08. The van der Waals surface area contributed by atoms with Crippen LogP contribution in [0.1, 0.15) is 13.8 Å². The summed E-state index contributed by atoms with van der Waals surface area (Å²) >= 11 is 20.6. The third-order valence-electron chi connectivity index (χ3n) is 1.89. The lowest BCUT2D eigenvalue weighted by Crippen LogP contribution is -1.92. The number of rotatable bonds is 8. The Bertz CT molecular complexity index is 455. The number of thioether (sulfide) groups is 1. The van der Waals surface area contributed by atoms with Gasteiger partial charge in [-0.25, -0.2) is 0 Å². The second-order valence-corrected chi connectivity index (χ2v) is 11.8. The van der Waals surface area contributed by atoms with Crippen LogP contribution in [-0.4, -0.2) is 29.3 Å². The summed E-state index contributed by atoms with van der Waals surface area (Å²) < 4.78 is 11.1. The van der Waals surface area contributed by atoms with E-state index >= 15 is 0 Å². The van der Waals surface area contributed by atoms with Gasteiger partial charge in [0.2, 0.25) is 5.69 Å². The maximum absolute atomic E-state index is 6.10. The molecule has 0 N–H and O–H groups in total. The van der Waals surface area contributed by atoms with E-state index in [0.29, 0.717) is 23.3 Å². The zero-order valence-electron chi connectivity index (χ0n) is 11.1. The fourth-order valence-corrected chi connectivity index (χ4v) is 8.71. The molecule has 0 aromatic heterocycles. The van der Waals surface area contributed by atoms with E-state index in [4.69, 9.17) is 44.1 Å². The van der Waals surface area contributed by atoms with Gasteiger partial charge in [-0.2, -0.15) is 0 Å². The molecule has 4 radical (unpaired) electrons. The minimum atomic E-state index is -2.23. The van der Waals surface area contributed by atoms with Gasteiger partial charge in [0.15, 0.2) is 0 Å². The van der Waals surface area contributed by atoms with E-state index in [9.17, 15) is 0 Å². The molecule has 9 heteroatoms. The third kappa shape index (κ3) is 7.52. The zero-order chi connectivity index (χ0) is 14.3. The predicted molar refractivity (Wildman–Crippen MR) is 98.1 cm³/mol. The van der Waals surface area contributed by atoms with Crippen molar-refractivity contribution in [1.82, 2.24) is 0 Å². The normalized spacial score (nSPS) is 11.2. The van der Waals surface area contributed by atoms with Crippen LogP contribution in [0.25, 0.3) is 0 Å². The summed E-state index contributed by atoms with van der Waals surface area (Å²) in [7, 11) is 0. The predicted octanol–water partition coefficient (Wildman–Crippen LogP) is 5.69. The molecule has 0 fully saturated rings. The highest BCUT2D eigenvalue weighted by atomic mass is 35.5. The quantitative estimate of drug-likeness (QED) is 0.239. The first-order valence-electron chi connectivity index (χ1n) is 5.62. The average Bonchev–Trinajstić information content (AvgIpc) is 2.34. The van der Waals surface area contributed by atoms with Crippen molar-refractivity contribution in [2.45, 2.75) is 18.7 Å². The lowest BCUT2D eigenvalue weighted by molar-refractivity contribution is 0.280. The lowest BCUT2D eigenvalue weighted by Gasteiger charge is -2.19. The van der Waals surface area contributed by atoms with Crippen molar-refractivity contribution in [2.24, 2.45) is 0 Å². The third-order valence-corrected chi connectivity index (χ3v) is 9.69. The summed E-state index contributed by atoms with van der Waals surface area (Å²) in [5.74, 6) is 0. The number of hydrogen-bond donors (Lipinski definition) is 0. The van der Waals surface area contributed by atoms with Gasteiger partial charge < -0.3 is 9.05 Å². The molecule has 1 aromatic rings. The van der Waals surface area contributed by atoms with Gasteiger partial charge in [-0.05, 0) is 43.9 Å². The summed E-state index contributed by atoms with van der Waals surface area (Å²) in [5.41, 5.74) is -2.23. The van der Waals surface area contributed by atoms with E-state index in [1.54, 1.807) is 23.9 Å². The molecule has 0 unspecified atom stereocenters. The van der Waals surface area contributed by atoms with Gasteiger partial charge in [0, 0.05) is 20.9 Å². The van der Waals surface area contributed by atoms with E-state index < -0.39 is 5.69 Å². The molecule has 0 saturated heterocycles. The Balaban J connectivity index is 0.00000361. The molecule has 0 amide bonds. The fourth-order valence-electron chi connectivity index (χ4n) is 1.17. The second kappa shape index (κ2) is 10.9. The number of benzene rings is 1. The lowest BCUT2D eigenvalue weighted by atomic mass is 10.4. The van der Waals surface area contributed by atoms with Crippen LogP contribution in [-0.2, 0) is 20.9 Å². The Morgan fingerprint density at radius 2 is 1.80 bits per heavy atom. The fraction of sp³-hybridized carbons (Fsp3) is 0.455. The summed E-state index contributed by atoms with van der Waals surface area (Å²) in [6.07, 6.45) is 0. The molecular formula is C11H15Cl2O2PS3Si. The van der Waals surface area contributed by atoms with Crippen LogP contribution in [0.2, 0.25) is 10.0 Å². The SMILES string of the molecule is CCOP(=S)(OCC)SCSc1cc(Cl)ccc1Cl.[Si].